The first-order valence-electron chi connectivity index (χ1n) is 1.64. The summed E-state index contributed by atoms with van der Waals surface area (Å²) in [5, 5.41) is 15.5. The van der Waals surface area contributed by atoms with Gasteiger partial charge in [-0.1, -0.05) is 0 Å². The minimum atomic E-state index is -0.167. The van der Waals surface area contributed by atoms with Crippen molar-refractivity contribution < 1.29 is 34.7 Å². The van der Waals surface area contributed by atoms with E-state index in [1.54, 1.807) is 13.8 Å². The topological polar surface area (TPSA) is 44.0 Å². The molecule has 0 rings (SSSR count). The molecule has 8 heavy (non-hydrogen) atoms. The summed E-state index contributed by atoms with van der Waals surface area (Å²) in [7, 11) is 0.0694. The van der Waals surface area contributed by atoms with Crippen LogP contribution in [-0.2, 0) is 0 Å². The molecular weight excluding hydrogens is 112 g/mol. The third kappa shape index (κ3) is 747. The fourth-order valence-electron chi connectivity index (χ4n) is 0. The summed E-state index contributed by atoms with van der Waals surface area (Å²) in [5.41, 5.74) is 0. The Hall–Kier alpha value is 0.515. The molecule has 1 N–H and O–H groups in total. The van der Waals surface area contributed by atoms with E-state index in [-0.39, 0.29) is 43.5 Å². The maximum atomic E-state index is 8.06. The molecule has 4 heteroatoms. The first-order valence-corrected chi connectivity index (χ1v) is 1.64. The van der Waals surface area contributed by atoms with Gasteiger partial charge in [-0.15, -0.1) is 0 Å². The van der Waals surface area contributed by atoms with Gasteiger partial charge in [0.2, 0.25) is 0 Å². The molecule has 42 valence electrons. The molecule has 0 saturated heterocycles. The fraction of sp³-hybridized carbons (Fsp3) is 0.750. The summed E-state index contributed by atoms with van der Waals surface area (Å²) in [6, 6.07) is 0. The van der Waals surface area contributed by atoms with Gasteiger partial charge in [-0.05, 0) is 13.8 Å². The number of nitriles is 1. The summed E-state index contributed by atoms with van der Waals surface area (Å²) in [4.78, 5) is 0. The normalized spacial score (nSPS) is 5.50. The monoisotopic (exact) mass is 123 g/mol. The molecule has 2 nitrogen and oxygen atoms in total. The van der Waals surface area contributed by atoms with E-state index in [1.807, 2.05) is 5.97 Å². The zero-order valence-electron chi connectivity index (χ0n) is 4.97. The van der Waals surface area contributed by atoms with E-state index >= 15 is 0 Å². The Balaban J connectivity index is -0.0000000575. The maximum Gasteiger partial charge on any atom is 1.00 e. The summed E-state index contributed by atoms with van der Waals surface area (Å²) >= 11 is 0. The first kappa shape index (κ1) is 15.8. The number of rotatable bonds is 0. The molecule has 0 spiro atoms. The van der Waals surface area contributed by atoms with Crippen molar-refractivity contribution in [1.82, 2.24) is 0 Å². The van der Waals surface area contributed by atoms with Crippen LogP contribution in [0.15, 0.2) is 0 Å². The van der Waals surface area contributed by atoms with Crippen molar-refractivity contribution in [2.75, 3.05) is 0 Å². The van der Waals surface area contributed by atoms with Crippen LogP contribution in [0.3, 0.4) is 0 Å². The van der Waals surface area contributed by atoms with Crippen molar-refractivity contribution in [1.29, 1.82) is 5.26 Å². The quantitative estimate of drug-likeness (QED) is 0.336. The molecule has 0 saturated carbocycles. The van der Waals surface area contributed by atoms with Crippen LogP contribution in [0.2, 0.25) is 0 Å². The van der Waals surface area contributed by atoms with Crippen LogP contribution in [0, 0.1) is 11.2 Å². The second kappa shape index (κ2) is 15.6. The van der Waals surface area contributed by atoms with Crippen LogP contribution in [0.4, 0.5) is 0 Å². The summed E-state index contributed by atoms with van der Waals surface area (Å²) < 4.78 is 0. The van der Waals surface area contributed by atoms with Gasteiger partial charge < -0.3 is 5.11 Å². The smallest absolute Gasteiger partial charge is 0.394 e. The van der Waals surface area contributed by atoms with Crippen LogP contribution in [0.25, 0.3) is 0 Å². The Labute approximate surface area is 73.6 Å². The van der Waals surface area contributed by atoms with Gasteiger partial charge in [0.05, 0.1) is 7.85 Å². The van der Waals surface area contributed by atoms with Crippen LogP contribution >= 0.6 is 0 Å². The van der Waals surface area contributed by atoms with Crippen LogP contribution in [0.1, 0.15) is 13.8 Å². The van der Waals surface area contributed by atoms with Crippen LogP contribution in [0.5, 0.6) is 0 Å². The number of hydrogen-bond donors (Lipinski definition) is 1. The molecule has 0 aromatic rings. The van der Waals surface area contributed by atoms with Gasteiger partial charge >= 0.3 is 29.6 Å². The minimum absolute atomic E-state index is 0. The molecule has 0 aliphatic carbocycles. The van der Waals surface area contributed by atoms with Crippen LogP contribution < -0.4 is 29.6 Å². The molecule has 0 bridgehead atoms. The first-order chi connectivity index (χ1) is 3.15. The molecule has 0 atom stereocenters. The molecule has 0 radical (unpaired) electrons. The van der Waals surface area contributed by atoms with Gasteiger partial charge in [0.1, 0.15) is 0 Å². The molecule has 0 aromatic carbocycles. The van der Waals surface area contributed by atoms with Crippen molar-refractivity contribution in [3.8, 4) is 5.97 Å². The number of aliphatic hydroxyl groups excluding tert-OH is 1. The summed E-state index contributed by atoms with van der Waals surface area (Å²) in [6.45, 7) is 3.44. The van der Waals surface area contributed by atoms with Gasteiger partial charge in [0.15, 0.2) is 0 Å². The van der Waals surface area contributed by atoms with E-state index in [0.717, 1.165) is 0 Å². The van der Waals surface area contributed by atoms with Gasteiger partial charge in [-0.3, -0.25) is 5.26 Å². The average molecular weight is 123 g/mol. The third-order valence-electron chi connectivity index (χ3n) is 0. The van der Waals surface area contributed by atoms with Crippen molar-refractivity contribution >= 4 is 7.85 Å². The molecule has 0 amide bonds. The number of aliphatic hydroxyl groups is 1. The molecule has 0 fully saturated rings. The van der Waals surface area contributed by atoms with Crippen LogP contribution in [-0.4, -0.2) is 19.1 Å². The largest absolute Gasteiger partial charge is 1.00 e. The predicted molar refractivity (Wildman–Crippen MR) is 32.9 cm³/mol. The number of hydrogen-bond acceptors (Lipinski definition) is 2. The fourth-order valence-corrected chi connectivity index (χ4v) is 0. The summed E-state index contributed by atoms with van der Waals surface area (Å²) in [5.74, 6) is 2.00. The Bertz CT molecular complexity index is 58.8. The summed E-state index contributed by atoms with van der Waals surface area (Å²) in [6.07, 6.45) is -0.167. The Morgan fingerprint density at radius 3 is 1.62 bits per heavy atom. The van der Waals surface area contributed by atoms with Gasteiger partial charge in [0, 0.05) is 6.10 Å². The third-order valence-corrected chi connectivity index (χ3v) is 0. The second-order valence-corrected chi connectivity index (χ2v) is 1.09. The molecule has 0 aliphatic heterocycles. The van der Waals surface area contributed by atoms with Crippen molar-refractivity contribution in [3.05, 3.63) is 0 Å². The van der Waals surface area contributed by atoms with E-state index in [9.17, 15) is 0 Å². The predicted octanol–water partition coefficient (Wildman–Crippen LogP) is -3.78. The van der Waals surface area contributed by atoms with Gasteiger partial charge in [0.25, 0.3) is 0 Å². The standard InChI is InChI=1S/C3H8O.CH3BN.Na/c1-3(2)4;2-1-3;/h3-4H,1-2H3;2H3;/q;-1;+1. The Morgan fingerprint density at radius 1 is 1.62 bits per heavy atom. The Kier molecular flexibility index (Phi) is 30.9. The molecule has 0 heterocycles. The van der Waals surface area contributed by atoms with E-state index in [2.05, 4.69) is 0 Å². The minimum Gasteiger partial charge on any atom is -0.394 e. The van der Waals surface area contributed by atoms with Gasteiger partial charge in [-0.2, -0.15) is 5.97 Å². The van der Waals surface area contributed by atoms with Gasteiger partial charge in [-0.25, -0.2) is 0 Å². The second-order valence-electron chi connectivity index (χ2n) is 1.09. The van der Waals surface area contributed by atoms with E-state index < -0.39 is 0 Å². The SMILES string of the molecule is CC(C)O.[BH3-]C#N.[Na+]. The zero-order chi connectivity index (χ0) is 6.28. The van der Waals surface area contributed by atoms with E-state index in [0.29, 0.717) is 0 Å². The number of nitrogens with zero attached hydrogens (tertiary/aromatic N) is 1. The maximum absolute atomic E-state index is 8.06. The molecule has 0 aliphatic rings. The van der Waals surface area contributed by atoms with Crippen molar-refractivity contribution in [2.45, 2.75) is 20.0 Å². The zero-order valence-corrected chi connectivity index (χ0v) is 6.97. The molecule has 0 unspecified atom stereocenters. The molecule has 0 aromatic heterocycles. The van der Waals surface area contributed by atoms with Crippen molar-refractivity contribution in [2.24, 2.45) is 0 Å². The Morgan fingerprint density at radius 2 is 1.62 bits per heavy atom. The molecular formula is C4H11BNNaO. The van der Waals surface area contributed by atoms with Crippen molar-refractivity contribution in [3.63, 3.8) is 0 Å². The average Bonchev–Trinajstić information content (AvgIpc) is 1.33. The van der Waals surface area contributed by atoms with E-state index in [4.69, 9.17) is 10.4 Å². The van der Waals surface area contributed by atoms with E-state index in [1.165, 1.54) is 0 Å².